The summed E-state index contributed by atoms with van der Waals surface area (Å²) in [6.45, 7) is 0.294. The van der Waals surface area contributed by atoms with Crippen LogP contribution in [0, 0.1) is 0 Å². The molecule has 4 N–H and O–H groups in total. The van der Waals surface area contributed by atoms with Crippen LogP contribution in [0.4, 0.5) is 20.3 Å². The number of likely N-dealkylation sites (tertiary alicyclic amines) is 1. The molecule has 1 aliphatic carbocycles. The van der Waals surface area contributed by atoms with Crippen LogP contribution >= 0.6 is 0 Å². The van der Waals surface area contributed by atoms with Gasteiger partial charge in [0.25, 0.3) is 5.92 Å². The molecule has 2 saturated heterocycles. The summed E-state index contributed by atoms with van der Waals surface area (Å²) in [6, 6.07) is 15.5. The molecule has 11 nitrogen and oxygen atoms in total. The lowest BCUT2D eigenvalue weighted by atomic mass is 9.83. The number of aromatic nitrogens is 4. The third kappa shape index (κ3) is 6.59. The fourth-order valence-electron chi connectivity index (χ4n) is 7.70. The first-order chi connectivity index (χ1) is 23.6. The molecule has 3 aliphatic rings. The number of para-hydroxylation sites is 1. The Bertz CT molecular complexity index is 1860. The number of nitrogens with one attached hydrogen (secondary N) is 1. The lowest BCUT2D eigenvalue weighted by molar-refractivity contribution is -0.134. The molecule has 7 rings (SSSR count). The molecule has 2 amide bonds. The first-order valence-corrected chi connectivity index (χ1v) is 16.8. The number of phenols is 1. The Morgan fingerprint density at radius 2 is 1.73 bits per heavy atom. The molecule has 13 heteroatoms. The topological polar surface area (TPSA) is 142 Å². The fourth-order valence-corrected chi connectivity index (χ4v) is 7.70. The van der Waals surface area contributed by atoms with Crippen molar-refractivity contribution in [1.82, 2.24) is 30.2 Å². The standard InChI is InChI=1S/C36H40F2N8O3/c1-44(31-13-14-33(48)41-35(31)49)26-6-4-5-22(17-26)29-15-16-45(21-36(29,37)38)24-9-11-25(12-10-24)46-20-23(19-40-46)28-18-30(42-43-34(28)39)27-7-2-3-8-32(27)47/h2-8,17-20,24-25,29,31,47H,9-16,21H2,1H3,(H2,39,43)(H,41,48,49)/t24-,25-,29-,31+/m1/s1. The highest BCUT2D eigenvalue weighted by molar-refractivity contribution is 6.01. The number of hydrogen-bond acceptors (Lipinski definition) is 9. The summed E-state index contributed by atoms with van der Waals surface area (Å²) in [5, 5.41) is 25.6. The molecule has 0 radical (unpaired) electrons. The molecule has 4 heterocycles. The summed E-state index contributed by atoms with van der Waals surface area (Å²) >= 11 is 0. The molecule has 2 aromatic heterocycles. The summed E-state index contributed by atoms with van der Waals surface area (Å²) in [4.78, 5) is 27.7. The number of aromatic hydroxyl groups is 1. The van der Waals surface area contributed by atoms with Crippen molar-refractivity contribution in [3.05, 3.63) is 72.6 Å². The Morgan fingerprint density at radius 1 is 0.959 bits per heavy atom. The van der Waals surface area contributed by atoms with E-state index in [1.165, 1.54) is 0 Å². The molecule has 3 fully saturated rings. The lowest BCUT2D eigenvalue weighted by Crippen LogP contribution is -2.52. The Balaban J connectivity index is 0.974. The Morgan fingerprint density at radius 3 is 2.49 bits per heavy atom. The summed E-state index contributed by atoms with van der Waals surface area (Å²) in [6.07, 6.45) is 7.90. The van der Waals surface area contributed by atoms with Crippen LogP contribution in [0.5, 0.6) is 5.75 Å². The van der Waals surface area contributed by atoms with Gasteiger partial charge in [-0.15, -0.1) is 10.2 Å². The molecule has 0 bridgehead atoms. The van der Waals surface area contributed by atoms with Gasteiger partial charge in [-0.1, -0.05) is 24.3 Å². The maximum absolute atomic E-state index is 15.8. The van der Waals surface area contributed by atoms with Crippen molar-refractivity contribution in [1.29, 1.82) is 0 Å². The predicted molar refractivity (Wildman–Crippen MR) is 181 cm³/mol. The van der Waals surface area contributed by atoms with Crippen LogP contribution in [0.3, 0.4) is 0 Å². The van der Waals surface area contributed by atoms with Gasteiger partial charge in [0.05, 0.1) is 30.4 Å². The average molecular weight is 671 g/mol. The number of carbonyl (C=O) groups is 2. The van der Waals surface area contributed by atoms with E-state index in [2.05, 4.69) is 20.6 Å². The number of nitrogens with two attached hydrogens (primary N) is 1. The number of benzene rings is 2. The van der Waals surface area contributed by atoms with Crippen molar-refractivity contribution in [2.24, 2.45) is 0 Å². The third-order valence-corrected chi connectivity index (χ3v) is 10.5. The number of amides is 2. The molecular formula is C36H40F2N8O3. The summed E-state index contributed by atoms with van der Waals surface area (Å²) < 4.78 is 33.6. The van der Waals surface area contributed by atoms with Crippen LogP contribution in [0.1, 0.15) is 62.5 Å². The van der Waals surface area contributed by atoms with E-state index in [9.17, 15) is 14.7 Å². The van der Waals surface area contributed by atoms with E-state index in [0.717, 1.165) is 31.2 Å². The number of rotatable bonds is 7. The normalized spacial score (nSPS) is 24.4. The molecule has 0 spiro atoms. The lowest BCUT2D eigenvalue weighted by Gasteiger charge is -2.44. The second-order valence-electron chi connectivity index (χ2n) is 13.5. The van der Waals surface area contributed by atoms with Crippen molar-refractivity contribution in [3.8, 4) is 28.1 Å². The molecule has 4 aromatic rings. The summed E-state index contributed by atoms with van der Waals surface area (Å²) in [5.74, 6) is -4.11. The zero-order chi connectivity index (χ0) is 34.3. The zero-order valence-corrected chi connectivity index (χ0v) is 27.3. The van der Waals surface area contributed by atoms with Crippen LogP contribution in [0.15, 0.2) is 67.0 Å². The molecule has 256 valence electrons. The number of nitrogens with zero attached hydrogens (tertiary/aromatic N) is 6. The van der Waals surface area contributed by atoms with E-state index in [-0.39, 0.29) is 48.4 Å². The Kier molecular flexibility index (Phi) is 8.78. The number of piperidine rings is 2. The monoisotopic (exact) mass is 670 g/mol. The number of imide groups is 1. The van der Waals surface area contributed by atoms with Gasteiger partial charge in [-0.2, -0.15) is 5.10 Å². The molecule has 0 unspecified atom stereocenters. The van der Waals surface area contributed by atoms with Gasteiger partial charge in [-0.3, -0.25) is 24.5 Å². The van der Waals surface area contributed by atoms with Crippen molar-refractivity contribution in [3.63, 3.8) is 0 Å². The largest absolute Gasteiger partial charge is 0.507 e. The quantitative estimate of drug-likeness (QED) is 0.228. The van der Waals surface area contributed by atoms with E-state index < -0.39 is 17.9 Å². The molecule has 2 aliphatic heterocycles. The third-order valence-electron chi connectivity index (χ3n) is 10.5. The first-order valence-electron chi connectivity index (χ1n) is 16.8. The number of nitrogen functional groups attached to an aromatic ring is 1. The van der Waals surface area contributed by atoms with Crippen molar-refractivity contribution in [2.75, 3.05) is 30.8 Å². The van der Waals surface area contributed by atoms with Gasteiger partial charge < -0.3 is 15.7 Å². The van der Waals surface area contributed by atoms with Gasteiger partial charge in [0.15, 0.2) is 5.82 Å². The Hall–Kier alpha value is -4.91. The highest BCUT2D eigenvalue weighted by Crippen LogP contribution is 2.44. The first kappa shape index (κ1) is 32.6. The second kappa shape index (κ2) is 13.2. The summed E-state index contributed by atoms with van der Waals surface area (Å²) in [7, 11) is 1.76. The number of phenolic OH excluding ortho intramolecular Hbond substituents is 1. The van der Waals surface area contributed by atoms with Crippen LogP contribution < -0.4 is 16.0 Å². The van der Waals surface area contributed by atoms with E-state index in [4.69, 9.17) is 5.73 Å². The smallest absolute Gasteiger partial charge is 0.267 e. The zero-order valence-electron chi connectivity index (χ0n) is 27.3. The van der Waals surface area contributed by atoms with Gasteiger partial charge >= 0.3 is 0 Å². The molecular weight excluding hydrogens is 630 g/mol. The number of alkyl halides is 2. The van der Waals surface area contributed by atoms with Crippen molar-refractivity contribution >= 4 is 23.3 Å². The van der Waals surface area contributed by atoms with Gasteiger partial charge in [0.2, 0.25) is 11.8 Å². The molecule has 49 heavy (non-hydrogen) atoms. The number of carbonyl (C=O) groups excluding carboxylic acids is 2. The minimum atomic E-state index is -2.91. The van der Waals surface area contributed by atoms with Crippen LogP contribution in [0.25, 0.3) is 22.4 Å². The number of halogens is 2. The molecule has 2 aromatic carbocycles. The highest BCUT2D eigenvalue weighted by atomic mass is 19.3. The predicted octanol–water partition coefficient (Wildman–Crippen LogP) is 5.14. The van der Waals surface area contributed by atoms with E-state index in [1.807, 2.05) is 27.9 Å². The number of likely N-dealkylation sites (N-methyl/N-ethyl adjacent to an activating group) is 1. The van der Waals surface area contributed by atoms with E-state index in [1.54, 1.807) is 60.6 Å². The van der Waals surface area contributed by atoms with Gasteiger partial charge in [-0.25, -0.2) is 8.78 Å². The van der Waals surface area contributed by atoms with Gasteiger partial charge in [-0.05, 0) is 81.0 Å². The van der Waals surface area contributed by atoms with Crippen LogP contribution in [-0.2, 0) is 9.59 Å². The van der Waals surface area contributed by atoms with Crippen molar-refractivity contribution in [2.45, 2.75) is 74.9 Å². The highest BCUT2D eigenvalue weighted by Gasteiger charge is 2.47. The Labute approximate surface area is 283 Å². The van der Waals surface area contributed by atoms with Crippen LogP contribution in [0.2, 0.25) is 0 Å². The fraction of sp³-hybridized carbons (Fsp3) is 0.417. The van der Waals surface area contributed by atoms with Crippen molar-refractivity contribution < 1.29 is 23.5 Å². The molecule has 1 saturated carbocycles. The van der Waals surface area contributed by atoms with Crippen LogP contribution in [-0.4, -0.2) is 79.9 Å². The summed E-state index contributed by atoms with van der Waals surface area (Å²) in [5.41, 5.74) is 9.97. The number of hydrogen-bond donors (Lipinski definition) is 3. The number of anilines is 2. The minimum absolute atomic E-state index is 0.0734. The van der Waals surface area contributed by atoms with Gasteiger partial charge in [0, 0.05) is 48.1 Å². The average Bonchev–Trinajstić information content (AvgIpc) is 3.58. The molecule has 2 atom stereocenters. The van der Waals surface area contributed by atoms with E-state index in [0.29, 0.717) is 47.5 Å². The minimum Gasteiger partial charge on any atom is -0.507 e. The maximum atomic E-state index is 15.8. The van der Waals surface area contributed by atoms with E-state index >= 15 is 8.78 Å². The SMILES string of the molecule is CN(c1cccc([C@H]2CCN([C@H]3CC[C@H](n4cc(-c5cc(-c6ccccc6O)nnc5N)cn4)CC3)CC2(F)F)c1)[C@H]1CCC(=O)NC1=O. The second-order valence-corrected chi connectivity index (χ2v) is 13.5. The maximum Gasteiger partial charge on any atom is 0.267 e. The van der Waals surface area contributed by atoms with Gasteiger partial charge in [0.1, 0.15) is 11.8 Å².